The van der Waals surface area contributed by atoms with Gasteiger partial charge in [0.2, 0.25) is 0 Å². The Kier molecular flexibility index (Phi) is 4.00. The standard InChI is InChI=1S/C8H17INO2S/c1-7-5-4-6-9-8(2)13(11,12)10(7)3/h7-8H,4-6H2,1-3H3/q-1/t7-,8+/m0/s1. The van der Waals surface area contributed by atoms with E-state index in [1.54, 1.807) is 11.4 Å². The van der Waals surface area contributed by atoms with E-state index in [4.69, 9.17) is 0 Å². The third-order valence-electron chi connectivity index (χ3n) is 2.51. The second-order valence-electron chi connectivity index (χ2n) is 3.44. The molecular formula is C8H17INO2S-. The minimum atomic E-state index is -2.97. The van der Waals surface area contributed by atoms with Crippen molar-refractivity contribution < 1.29 is 29.6 Å². The molecule has 0 aromatic carbocycles. The summed E-state index contributed by atoms with van der Waals surface area (Å²) in [4.78, 5) is 0. The number of halogens is 1. The first-order valence-corrected chi connectivity index (χ1v) is 8.78. The van der Waals surface area contributed by atoms with Gasteiger partial charge in [0, 0.05) is 0 Å². The van der Waals surface area contributed by atoms with Gasteiger partial charge in [-0.05, 0) is 0 Å². The molecule has 1 fully saturated rings. The van der Waals surface area contributed by atoms with Crippen LogP contribution in [-0.4, -0.2) is 33.5 Å². The summed E-state index contributed by atoms with van der Waals surface area (Å²) in [6, 6.07) is 0.178. The van der Waals surface area contributed by atoms with Crippen LogP contribution in [0, 0.1) is 0 Å². The van der Waals surface area contributed by atoms with Crippen molar-refractivity contribution in [3.8, 4) is 0 Å². The van der Waals surface area contributed by atoms with E-state index in [-0.39, 0.29) is 30.5 Å². The third-order valence-corrected chi connectivity index (χ3v) is 9.90. The van der Waals surface area contributed by atoms with Crippen molar-refractivity contribution in [2.75, 3.05) is 11.5 Å². The van der Waals surface area contributed by atoms with Crippen LogP contribution in [0.4, 0.5) is 0 Å². The van der Waals surface area contributed by atoms with Crippen LogP contribution in [0.15, 0.2) is 0 Å². The van der Waals surface area contributed by atoms with Gasteiger partial charge in [-0.25, -0.2) is 0 Å². The molecule has 0 radical (unpaired) electrons. The molecule has 1 heterocycles. The predicted octanol–water partition coefficient (Wildman–Crippen LogP) is -2.13. The Morgan fingerprint density at radius 2 is 2.00 bits per heavy atom. The number of nitrogens with zero attached hydrogens (tertiary/aromatic N) is 1. The number of alkyl halides is 2. The van der Waals surface area contributed by atoms with Crippen LogP contribution < -0.4 is 21.2 Å². The summed E-state index contributed by atoms with van der Waals surface area (Å²) in [5.41, 5.74) is 0. The summed E-state index contributed by atoms with van der Waals surface area (Å²) < 4.78 is 26.3. The van der Waals surface area contributed by atoms with E-state index in [1.165, 1.54) is 6.42 Å². The zero-order valence-electron chi connectivity index (χ0n) is 8.33. The van der Waals surface area contributed by atoms with E-state index in [0.717, 1.165) is 10.8 Å². The Hall–Kier alpha value is 0.640. The summed E-state index contributed by atoms with van der Waals surface area (Å²) in [5, 5.41) is 0. The summed E-state index contributed by atoms with van der Waals surface area (Å²) in [7, 11) is -1.25. The molecule has 0 N–H and O–H groups in total. The van der Waals surface area contributed by atoms with Gasteiger partial charge in [0.05, 0.1) is 0 Å². The molecule has 0 bridgehead atoms. The van der Waals surface area contributed by atoms with Crippen LogP contribution in [0.2, 0.25) is 0 Å². The molecule has 0 spiro atoms. The topological polar surface area (TPSA) is 37.4 Å². The summed E-state index contributed by atoms with van der Waals surface area (Å²) in [6.07, 6.45) is 2.21. The average Bonchev–Trinajstić information content (AvgIpc) is 2.08. The second kappa shape index (κ2) is 4.44. The molecule has 0 aliphatic carbocycles. The number of hydrogen-bond donors (Lipinski definition) is 0. The second-order valence-corrected chi connectivity index (χ2v) is 10.4. The quantitative estimate of drug-likeness (QED) is 0.378. The molecule has 1 rings (SSSR count). The predicted molar refractivity (Wildman–Crippen MR) is 49.7 cm³/mol. The Balaban J connectivity index is 2.87. The molecule has 0 unspecified atom stereocenters. The van der Waals surface area contributed by atoms with Gasteiger partial charge in [-0.15, -0.1) is 0 Å². The van der Waals surface area contributed by atoms with Gasteiger partial charge in [-0.3, -0.25) is 0 Å². The van der Waals surface area contributed by atoms with Gasteiger partial charge < -0.3 is 0 Å². The number of hydrogen-bond acceptors (Lipinski definition) is 2. The van der Waals surface area contributed by atoms with Crippen molar-refractivity contribution in [2.45, 2.75) is 36.0 Å². The molecule has 1 saturated heterocycles. The molecule has 0 aromatic heterocycles. The first-order valence-electron chi connectivity index (χ1n) is 4.51. The fourth-order valence-electron chi connectivity index (χ4n) is 1.34. The molecule has 0 saturated carbocycles. The van der Waals surface area contributed by atoms with Crippen molar-refractivity contribution in [1.82, 2.24) is 4.31 Å². The molecule has 2 atom stereocenters. The molecule has 80 valence electrons. The van der Waals surface area contributed by atoms with Gasteiger partial charge in [0.15, 0.2) is 0 Å². The zero-order chi connectivity index (χ0) is 10.1. The van der Waals surface area contributed by atoms with Crippen molar-refractivity contribution in [3.05, 3.63) is 0 Å². The van der Waals surface area contributed by atoms with Crippen molar-refractivity contribution in [2.24, 2.45) is 0 Å². The molecule has 0 amide bonds. The monoisotopic (exact) mass is 318 g/mol. The Morgan fingerprint density at radius 3 is 2.62 bits per heavy atom. The molecule has 5 heteroatoms. The summed E-state index contributed by atoms with van der Waals surface area (Å²) in [6.45, 7) is 3.85. The summed E-state index contributed by atoms with van der Waals surface area (Å²) >= 11 is -0.159. The number of sulfonamides is 1. The van der Waals surface area contributed by atoms with Crippen LogP contribution in [0.25, 0.3) is 0 Å². The van der Waals surface area contributed by atoms with Crippen molar-refractivity contribution >= 4 is 10.0 Å². The van der Waals surface area contributed by atoms with Crippen molar-refractivity contribution in [1.29, 1.82) is 0 Å². The Labute approximate surface area is 91.2 Å². The van der Waals surface area contributed by atoms with Gasteiger partial charge in [0.1, 0.15) is 0 Å². The molecular weight excluding hydrogens is 301 g/mol. The van der Waals surface area contributed by atoms with Gasteiger partial charge in [-0.1, -0.05) is 0 Å². The minimum absolute atomic E-state index is 0.0981. The average molecular weight is 318 g/mol. The van der Waals surface area contributed by atoms with E-state index in [0.29, 0.717) is 0 Å². The molecule has 0 aromatic rings. The summed E-state index contributed by atoms with van der Waals surface area (Å²) in [5.74, 6) is 0. The van der Waals surface area contributed by atoms with E-state index in [9.17, 15) is 8.42 Å². The Morgan fingerprint density at radius 1 is 1.38 bits per heavy atom. The van der Waals surface area contributed by atoms with E-state index in [2.05, 4.69) is 0 Å². The van der Waals surface area contributed by atoms with Crippen LogP contribution in [0.5, 0.6) is 0 Å². The zero-order valence-corrected chi connectivity index (χ0v) is 11.3. The van der Waals surface area contributed by atoms with Crippen LogP contribution >= 0.6 is 0 Å². The molecule has 1 aliphatic rings. The van der Waals surface area contributed by atoms with Gasteiger partial charge in [0.25, 0.3) is 0 Å². The maximum absolute atomic E-state index is 11.8. The van der Waals surface area contributed by atoms with Crippen LogP contribution in [0.3, 0.4) is 0 Å². The van der Waals surface area contributed by atoms with E-state index >= 15 is 0 Å². The normalized spacial score (nSPS) is 37.2. The first kappa shape index (κ1) is 11.7. The fraction of sp³-hybridized carbons (Fsp3) is 1.00. The maximum atomic E-state index is 11.8. The molecule has 13 heavy (non-hydrogen) atoms. The van der Waals surface area contributed by atoms with E-state index in [1.807, 2.05) is 13.8 Å². The van der Waals surface area contributed by atoms with E-state index < -0.39 is 10.0 Å². The Bertz CT molecular complexity index is 265. The third kappa shape index (κ3) is 2.56. The van der Waals surface area contributed by atoms with Gasteiger partial charge >= 0.3 is 91.4 Å². The first-order chi connectivity index (χ1) is 5.96. The van der Waals surface area contributed by atoms with Crippen molar-refractivity contribution in [3.63, 3.8) is 0 Å². The molecule has 1 aliphatic heterocycles. The van der Waals surface area contributed by atoms with Crippen LogP contribution in [0.1, 0.15) is 26.7 Å². The van der Waals surface area contributed by atoms with Gasteiger partial charge in [-0.2, -0.15) is 0 Å². The molecule has 3 nitrogen and oxygen atoms in total. The fourth-order valence-corrected chi connectivity index (χ4v) is 7.36. The van der Waals surface area contributed by atoms with Crippen LogP contribution in [-0.2, 0) is 10.0 Å². The SMILES string of the molecule is C[C@@H]1[I-]CCC[C@H](C)N(C)S1(=O)=O. The number of rotatable bonds is 0.